The number of anilines is 1. The Morgan fingerprint density at radius 1 is 1.35 bits per heavy atom. The molecule has 88 valence electrons. The van der Waals surface area contributed by atoms with Crippen molar-refractivity contribution in [3.8, 4) is 0 Å². The Labute approximate surface area is 99.9 Å². The molecule has 0 aliphatic heterocycles. The molecule has 0 unspecified atom stereocenters. The number of ketones is 1. The zero-order valence-corrected chi connectivity index (χ0v) is 9.43. The second-order valence-electron chi connectivity index (χ2n) is 3.37. The SMILES string of the molecule is Nc1nc(CC(=O)c2c(F)cccc2F)cs1. The number of aromatic nitrogens is 1. The molecule has 2 rings (SSSR count). The van der Waals surface area contributed by atoms with E-state index in [1.807, 2.05) is 0 Å². The van der Waals surface area contributed by atoms with Crippen LogP contribution in [0.5, 0.6) is 0 Å². The third-order valence-electron chi connectivity index (χ3n) is 2.15. The van der Waals surface area contributed by atoms with Crippen molar-refractivity contribution >= 4 is 22.3 Å². The van der Waals surface area contributed by atoms with Gasteiger partial charge in [-0.2, -0.15) is 0 Å². The Hall–Kier alpha value is -1.82. The van der Waals surface area contributed by atoms with Crippen molar-refractivity contribution in [2.45, 2.75) is 6.42 Å². The van der Waals surface area contributed by atoms with Gasteiger partial charge in [0.1, 0.15) is 11.6 Å². The van der Waals surface area contributed by atoms with E-state index in [0.29, 0.717) is 10.8 Å². The van der Waals surface area contributed by atoms with Gasteiger partial charge >= 0.3 is 0 Å². The number of hydrogen-bond donors (Lipinski definition) is 1. The van der Waals surface area contributed by atoms with Crippen LogP contribution < -0.4 is 5.73 Å². The lowest BCUT2D eigenvalue weighted by Crippen LogP contribution is -2.09. The number of thiazole rings is 1. The van der Waals surface area contributed by atoms with E-state index in [1.54, 1.807) is 5.38 Å². The van der Waals surface area contributed by atoms with Crippen LogP contribution in [0.25, 0.3) is 0 Å². The number of Topliss-reactive ketones (excluding diaryl/α,β-unsaturated/α-hetero) is 1. The molecule has 0 saturated carbocycles. The smallest absolute Gasteiger partial charge is 0.180 e. The van der Waals surface area contributed by atoms with Crippen LogP contribution >= 0.6 is 11.3 Å². The summed E-state index contributed by atoms with van der Waals surface area (Å²) in [5, 5.41) is 1.91. The van der Waals surface area contributed by atoms with Crippen molar-refractivity contribution in [1.29, 1.82) is 0 Å². The first kappa shape index (κ1) is 11.7. The van der Waals surface area contributed by atoms with Gasteiger partial charge in [0.25, 0.3) is 0 Å². The lowest BCUT2D eigenvalue weighted by Gasteiger charge is -2.02. The predicted octanol–water partition coefficient (Wildman–Crippen LogP) is 2.43. The van der Waals surface area contributed by atoms with Gasteiger partial charge in [0.2, 0.25) is 0 Å². The maximum atomic E-state index is 13.3. The predicted molar refractivity (Wildman–Crippen MR) is 60.9 cm³/mol. The van der Waals surface area contributed by atoms with Crippen molar-refractivity contribution in [2.75, 3.05) is 5.73 Å². The van der Waals surface area contributed by atoms with Gasteiger partial charge in [-0.3, -0.25) is 4.79 Å². The highest BCUT2D eigenvalue weighted by Gasteiger charge is 2.18. The Morgan fingerprint density at radius 2 is 2.00 bits per heavy atom. The molecule has 0 amide bonds. The molecule has 1 heterocycles. The number of carbonyl (C=O) groups excluding carboxylic acids is 1. The van der Waals surface area contributed by atoms with Crippen LogP contribution in [-0.2, 0) is 6.42 Å². The van der Waals surface area contributed by atoms with Gasteiger partial charge in [-0.05, 0) is 12.1 Å². The average Bonchev–Trinajstić information content (AvgIpc) is 2.63. The lowest BCUT2D eigenvalue weighted by molar-refractivity contribution is 0.0984. The van der Waals surface area contributed by atoms with Gasteiger partial charge in [0.05, 0.1) is 17.7 Å². The average molecular weight is 254 g/mol. The van der Waals surface area contributed by atoms with E-state index in [-0.39, 0.29) is 6.42 Å². The minimum atomic E-state index is -0.863. The molecule has 0 aliphatic carbocycles. The van der Waals surface area contributed by atoms with Gasteiger partial charge < -0.3 is 5.73 Å². The van der Waals surface area contributed by atoms with Crippen LogP contribution in [-0.4, -0.2) is 10.8 Å². The number of carbonyl (C=O) groups is 1. The number of nitrogens with zero attached hydrogens (tertiary/aromatic N) is 1. The van der Waals surface area contributed by atoms with E-state index in [9.17, 15) is 13.6 Å². The summed E-state index contributed by atoms with van der Waals surface area (Å²) >= 11 is 1.18. The molecule has 2 N–H and O–H groups in total. The lowest BCUT2D eigenvalue weighted by atomic mass is 10.1. The van der Waals surface area contributed by atoms with Crippen molar-refractivity contribution in [3.63, 3.8) is 0 Å². The quantitative estimate of drug-likeness (QED) is 0.856. The van der Waals surface area contributed by atoms with E-state index in [4.69, 9.17) is 5.73 Å². The molecule has 0 atom stereocenters. The van der Waals surface area contributed by atoms with E-state index < -0.39 is 23.0 Å². The molecule has 0 radical (unpaired) electrons. The maximum absolute atomic E-state index is 13.3. The maximum Gasteiger partial charge on any atom is 0.180 e. The van der Waals surface area contributed by atoms with Gasteiger partial charge in [0.15, 0.2) is 10.9 Å². The zero-order chi connectivity index (χ0) is 12.4. The van der Waals surface area contributed by atoms with Crippen LogP contribution in [0, 0.1) is 11.6 Å². The van der Waals surface area contributed by atoms with E-state index in [0.717, 1.165) is 12.1 Å². The molecular weight excluding hydrogens is 246 g/mol. The van der Waals surface area contributed by atoms with Crippen LogP contribution in [0.15, 0.2) is 23.6 Å². The molecule has 2 aromatic rings. The van der Waals surface area contributed by atoms with Crippen LogP contribution in [0.3, 0.4) is 0 Å². The Morgan fingerprint density at radius 3 is 2.53 bits per heavy atom. The first-order chi connectivity index (χ1) is 8.08. The molecular formula is C11H8F2N2OS. The fourth-order valence-electron chi connectivity index (χ4n) is 1.42. The molecule has 0 bridgehead atoms. The van der Waals surface area contributed by atoms with E-state index >= 15 is 0 Å². The zero-order valence-electron chi connectivity index (χ0n) is 8.61. The number of nitrogens with two attached hydrogens (primary N) is 1. The minimum Gasteiger partial charge on any atom is -0.375 e. The van der Waals surface area contributed by atoms with Crippen LogP contribution in [0.4, 0.5) is 13.9 Å². The van der Waals surface area contributed by atoms with Crippen LogP contribution in [0.2, 0.25) is 0 Å². The van der Waals surface area contributed by atoms with Crippen molar-refractivity contribution in [3.05, 3.63) is 46.5 Å². The summed E-state index contributed by atoms with van der Waals surface area (Å²) in [6.45, 7) is 0. The Balaban J connectivity index is 2.26. The second-order valence-corrected chi connectivity index (χ2v) is 4.26. The van der Waals surface area contributed by atoms with Crippen LogP contribution in [0.1, 0.15) is 16.1 Å². The normalized spacial score (nSPS) is 10.5. The first-order valence-corrected chi connectivity index (χ1v) is 5.63. The highest BCUT2D eigenvalue weighted by molar-refractivity contribution is 7.13. The molecule has 0 aliphatic rings. The Bertz CT molecular complexity index is 548. The number of hydrogen-bond acceptors (Lipinski definition) is 4. The van der Waals surface area contributed by atoms with Crippen molar-refractivity contribution < 1.29 is 13.6 Å². The van der Waals surface area contributed by atoms with E-state index in [2.05, 4.69) is 4.98 Å². The summed E-state index contributed by atoms with van der Waals surface area (Å²) in [4.78, 5) is 15.6. The van der Waals surface area contributed by atoms with Crippen molar-refractivity contribution in [2.24, 2.45) is 0 Å². The number of rotatable bonds is 3. The highest BCUT2D eigenvalue weighted by atomic mass is 32.1. The van der Waals surface area contributed by atoms with Gasteiger partial charge in [-0.15, -0.1) is 11.3 Å². The van der Waals surface area contributed by atoms with Crippen molar-refractivity contribution in [1.82, 2.24) is 4.98 Å². The molecule has 17 heavy (non-hydrogen) atoms. The molecule has 0 spiro atoms. The minimum absolute atomic E-state index is 0.161. The van der Waals surface area contributed by atoms with Gasteiger partial charge in [-0.1, -0.05) is 6.07 Å². The molecule has 1 aromatic heterocycles. The molecule has 0 fully saturated rings. The van der Waals surface area contributed by atoms with Gasteiger partial charge in [-0.25, -0.2) is 13.8 Å². The summed E-state index contributed by atoms with van der Waals surface area (Å²) < 4.78 is 26.6. The molecule has 6 heteroatoms. The Kier molecular flexibility index (Phi) is 3.14. The third kappa shape index (κ3) is 2.47. The summed E-state index contributed by atoms with van der Waals surface area (Å²) in [6.07, 6.45) is -0.161. The highest BCUT2D eigenvalue weighted by Crippen LogP contribution is 2.17. The molecule has 1 aromatic carbocycles. The summed E-state index contributed by atoms with van der Waals surface area (Å²) in [7, 11) is 0. The molecule has 3 nitrogen and oxygen atoms in total. The van der Waals surface area contributed by atoms with E-state index in [1.165, 1.54) is 17.4 Å². The second kappa shape index (κ2) is 4.58. The summed E-state index contributed by atoms with van der Waals surface area (Å²) in [6, 6.07) is 3.31. The fourth-order valence-corrected chi connectivity index (χ4v) is 1.98. The number of benzene rings is 1. The third-order valence-corrected chi connectivity index (χ3v) is 2.88. The number of halogens is 2. The summed E-state index contributed by atoms with van der Waals surface area (Å²) in [5.74, 6) is -2.37. The largest absolute Gasteiger partial charge is 0.375 e. The topological polar surface area (TPSA) is 56.0 Å². The standard InChI is InChI=1S/C11H8F2N2OS/c12-7-2-1-3-8(13)10(7)9(16)4-6-5-17-11(14)15-6/h1-3,5H,4H2,(H2,14,15). The number of nitrogen functional groups attached to an aromatic ring is 1. The molecule has 0 saturated heterocycles. The fraction of sp³-hybridized carbons (Fsp3) is 0.0909. The first-order valence-electron chi connectivity index (χ1n) is 4.75. The van der Waals surface area contributed by atoms with Gasteiger partial charge in [0, 0.05) is 5.38 Å². The monoisotopic (exact) mass is 254 g/mol. The summed E-state index contributed by atoms with van der Waals surface area (Å²) in [5.41, 5.74) is 5.29.